The van der Waals surface area contributed by atoms with Crippen molar-refractivity contribution in [1.82, 2.24) is 20.2 Å². The minimum absolute atomic E-state index is 0.0193. The molecule has 0 radical (unpaired) electrons. The molecule has 2 aromatic carbocycles. The van der Waals surface area contributed by atoms with E-state index in [9.17, 15) is 4.79 Å². The molecule has 4 rings (SSSR count). The molecule has 0 aliphatic heterocycles. The molecule has 0 unspecified atom stereocenters. The van der Waals surface area contributed by atoms with Crippen LogP contribution in [0, 0.1) is 0 Å². The van der Waals surface area contributed by atoms with E-state index in [2.05, 4.69) is 25.5 Å². The van der Waals surface area contributed by atoms with Gasteiger partial charge in [-0.3, -0.25) is 10.1 Å². The number of hydrogen-bond donors (Lipinski definition) is 1. The van der Waals surface area contributed by atoms with Gasteiger partial charge in [0.2, 0.25) is 23.5 Å². The molecule has 0 aliphatic carbocycles. The average molecular weight is 514 g/mol. The monoisotopic (exact) mass is 513 g/mol. The fourth-order valence-corrected chi connectivity index (χ4v) is 3.77. The number of thioether (sulfide) groups is 1. The summed E-state index contributed by atoms with van der Waals surface area (Å²) >= 11 is 7.02. The van der Waals surface area contributed by atoms with E-state index in [1.165, 1.54) is 21.3 Å². The maximum Gasteiger partial charge on any atom is 0.277 e. The number of methoxy groups -OCH3 is 3. The molecular weight excluding hydrogens is 494 g/mol. The number of benzene rings is 2. The van der Waals surface area contributed by atoms with E-state index in [0.29, 0.717) is 33.5 Å². The zero-order chi connectivity index (χ0) is 24.8. The van der Waals surface area contributed by atoms with Gasteiger partial charge in [-0.25, -0.2) is 9.97 Å². The molecule has 180 valence electrons. The van der Waals surface area contributed by atoms with Crippen LogP contribution in [0.2, 0.25) is 5.02 Å². The average Bonchev–Trinajstić information content (AvgIpc) is 3.36. The van der Waals surface area contributed by atoms with Gasteiger partial charge in [-0.15, -0.1) is 10.2 Å². The predicted octanol–water partition coefficient (Wildman–Crippen LogP) is 4.60. The third-order valence-corrected chi connectivity index (χ3v) is 5.76. The Morgan fingerprint density at radius 1 is 1.00 bits per heavy atom. The molecule has 0 aliphatic rings. The molecule has 2 aromatic heterocycles. The summed E-state index contributed by atoms with van der Waals surface area (Å²) < 4.78 is 21.7. The molecule has 0 saturated heterocycles. The standard InChI is InChI=1S/C23H20ClN5O5S/c1-31-17-10-14(11-18(32-2)20(17)33-3)21-28-29-23(34-21)35-12-19(30)27-22-25-9-8-16(26-22)13-4-6-15(24)7-5-13/h4-11H,12H2,1-3H3,(H,25,26,27,30). The van der Waals surface area contributed by atoms with Gasteiger partial charge in [0.05, 0.1) is 32.8 Å². The van der Waals surface area contributed by atoms with Gasteiger partial charge < -0.3 is 18.6 Å². The Morgan fingerprint density at radius 3 is 2.37 bits per heavy atom. The van der Waals surface area contributed by atoms with Gasteiger partial charge in [0.25, 0.3) is 5.22 Å². The summed E-state index contributed by atoms with van der Waals surface area (Å²) in [4.78, 5) is 20.9. The van der Waals surface area contributed by atoms with Crippen molar-refractivity contribution < 1.29 is 23.4 Å². The first kappa shape index (κ1) is 24.3. The van der Waals surface area contributed by atoms with Gasteiger partial charge >= 0.3 is 0 Å². The summed E-state index contributed by atoms with van der Waals surface area (Å²) in [6.07, 6.45) is 1.57. The quantitative estimate of drug-likeness (QED) is 0.317. The summed E-state index contributed by atoms with van der Waals surface area (Å²) in [5.74, 6) is 1.48. The van der Waals surface area contributed by atoms with Crippen molar-refractivity contribution in [3.8, 4) is 40.0 Å². The molecule has 35 heavy (non-hydrogen) atoms. The molecule has 0 fully saturated rings. The second kappa shape index (κ2) is 11.1. The molecule has 0 atom stereocenters. The molecule has 4 aromatic rings. The number of amides is 1. The van der Waals surface area contributed by atoms with Gasteiger partial charge in [-0.2, -0.15) is 0 Å². The fourth-order valence-electron chi connectivity index (χ4n) is 3.08. The minimum atomic E-state index is -0.323. The molecule has 10 nitrogen and oxygen atoms in total. The lowest BCUT2D eigenvalue weighted by molar-refractivity contribution is -0.113. The van der Waals surface area contributed by atoms with Crippen molar-refractivity contribution in [2.24, 2.45) is 0 Å². The third kappa shape index (κ3) is 5.81. The molecule has 1 N–H and O–H groups in total. The number of rotatable bonds is 9. The first-order valence-corrected chi connectivity index (χ1v) is 11.5. The fraction of sp³-hybridized carbons (Fsp3) is 0.174. The van der Waals surface area contributed by atoms with Crippen LogP contribution in [0.1, 0.15) is 0 Å². The van der Waals surface area contributed by atoms with Crippen LogP contribution in [0.5, 0.6) is 17.2 Å². The van der Waals surface area contributed by atoms with E-state index in [0.717, 1.165) is 17.3 Å². The van der Waals surface area contributed by atoms with Gasteiger partial charge in [0, 0.05) is 22.3 Å². The van der Waals surface area contributed by atoms with Crippen LogP contribution in [0.4, 0.5) is 5.95 Å². The lowest BCUT2D eigenvalue weighted by Crippen LogP contribution is -2.16. The number of nitrogens with zero attached hydrogens (tertiary/aromatic N) is 4. The van der Waals surface area contributed by atoms with Crippen LogP contribution in [0.25, 0.3) is 22.7 Å². The number of carbonyl (C=O) groups excluding carboxylic acids is 1. The predicted molar refractivity (Wildman–Crippen MR) is 131 cm³/mol. The van der Waals surface area contributed by atoms with Crippen molar-refractivity contribution in [2.45, 2.75) is 5.22 Å². The highest BCUT2D eigenvalue weighted by Gasteiger charge is 2.18. The van der Waals surface area contributed by atoms with Gasteiger partial charge in [0.15, 0.2) is 11.5 Å². The first-order valence-electron chi connectivity index (χ1n) is 10.2. The molecule has 0 saturated carbocycles. The molecule has 2 heterocycles. The zero-order valence-electron chi connectivity index (χ0n) is 18.9. The number of halogens is 1. The number of ether oxygens (including phenoxy) is 3. The summed E-state index contributed by atoms with van der Waals surface area (Å²) in [6, 6.07) is 12.4. The molecule has 0 bridgehead atoms. The Balaban J connectivity index is 1.40. The Morgan fingerprint density at radius 2 is 1.71 bits per heavy atom. The van der Waals surface area contributed by atoms with Crippen LogP contribution in [0.3, 0.4) is 0 Å². The second-order valence-corrected chi connectivity index (χ2v) is 8.26. The van der Waals surface area contributed by atoms with Crippen LogP contribution in [-0.4, -0.2) is 53.2 Å². The Kier molecular flexibility index (Phi) is 7.68. The molecule has 0 spiro atoms. The first-order chi connectivity index (χ1) is 17.0. The topological polar surface area (TPSA) is 121 Å². The maximum absolute atomic E-state index is 12.4. The van der Waals surface area contributed by atoms with E-state index in [4.69, 9.17) is 30.2 Å². The highest BCUT2D eigenvalue weighted by atomic mass is 35.5. The highest BCUT2D eigenvalue weighted by molar-refractivity contribution is 7.99. The Bertz CT molecular complexity index is 1310. The molecule has 12 heteroatoms. The summed E-state index contributed by atoms with van der Waals surface area (Å²) in [7, 11) is 4.55. The SMILES string of the molecule is COc1cc(-c2nnc(SCC(=O)Nc3nccc(-c4ccc(Cl)cc4)n3)o2)cc(OC)c1OC. The highest BCUT2D eigenvalue weighted by Crippen LogP contribution is 2.41. The van der Waals surface area contributed by atoms with Crippen molar-refractivity contribution in [3.05, 3.63) is 53.7 Å². The van der Waals surface area contributed by atoms with E-state index in [-0.39, 0.29) is 28.7 Å². The minimum Gasteiger partial charge on any atom is -0.493 e. The van der Waals surface area contributed by atoms with E-state index < -0.39 is 0 Å². The zero-order valence-corrected chi connectivity index (χ0v) is 20.5. The summed E-state index contributed by atoms with van der Waals surface area (Å²) in [5.41, 5.74) is 2.09. The lowest BCUT2D eigenvalue weighted by atomic mass is 10.1. The lowest BCUT2D eigenvalue weighted by Gasteiger charge is -2.12. The number of hydrogen-bond acceptors (Lipinski definition) is 10. The maximum atomic E-state index is 12.4. The van der Waals surface area contributed by atoms with Crippen LogP contribution in [-0.2, 0) is 4.79 Å². The van der Waals surface area contributed by atoms with Gasteiger partial charge in [-0.05, 0) is 30.3 Å². The van der Waals surface area contributed by atoms with Crippen LogP contribution < -0.4 is 19.5 Å². The second-order valence-electron chi connectivity index (χ2n) is 6.90. The molecular formula is C23H20ClN5O5S. The van der Waals surface area contributed by atoms with Crippen molar-refractivity contribution >= 4 is 35.2 Å². The number of nitrogens with one attached hydrogen (secondary N) is 1. The van der Waals surface area contributed by atoms with Crippen LogP contribution in [0.15, 0.2) is 58.3 Å². The van der Waals surface area contributed by atoms with Crippen molar-refractivity contribution in [2.75, 3.05) is 32.4 Å². The Hall–Kier alpha value is -3.83. The van der Waals surface area contributed by atoms with Crippen molar-refractivity contribution in [3.63, 3.8) is 0 Å². The van der Waals surface area contributed by atoms with E-state index >= 15 is 0 Å². The van der Waals surface area contributed by atoms with Crippen molar-refractivity contribution in [1.29, 1.82) is 0 Å². The summed E-state index contributed by atoms with van der Waals surface area (Å²) in [6.45, 7) is 0. The summed E-state index contributed by atoms with van der Waals surface area (Å²) in [5, 5.41) is 11.6. The molecule has 1 amide bonds. The van der Waals surface area contributed by atoms with Crippen LogP contribution >= 0.6 is 23.4 Å². The third-order valence-electron chi connectivity index (χ3n) is 4.69. The Labute approximate surface area is 210 Å². The van der Waals surface area contributed by atoms with E-state index in [1.807, 2.05) is 12.1 Å². The van der Waals surface area contributed by atoms with E-state index in [1.54, 1.807) is 36.5 Å². The van der Waals surface area contributed by atoms with Gasteiger partial charge in [0.1, 0.15) is 0 Å². The number of anilines is 1. The number of aromatic nitrogens is 4. The largest absolute Gasteiger partial charge is 0.493 e. The normalized spacial score (nSPS) is 10.6. The number of carbonyl (C=O) groups is 1. The van der Waals surface area contributed by atoms with Gasteiger partial charge in [-0.1, -0.05) is 35.5 Å². The smallest absolute Gasteiger partial charge is 0.277 e.